The number of carbonyl (C=O) groups is 1. The van der Waals surface area contributed by atoms with E-state index in [0.29, 0.717) is 13.0 Å². The molecule has 0 unspecified atom stereocenters. The second-order valence-corrected chi connectivity index (χ2v) is 3.96. The minimum absolute atomic E-state index is 0.298. The van der Waals surface area contributed by atoms with Crippen LogP contribution in [0.15, 0.2) is 24.3 Å². The Morgan fingerprint density at radius 2 is 2.06 bits per heavy atom. The Morgan fingerprint density at radius 3 is 2.65 bits per heavy atom. The van der Waals surface area contributed by atoms with Crippen molar-refractivity contribution in [2.45, 2.75) is 32.2 Å². The number of hydrogen-bond donors (Lipinski definition) is 1. The van der Waals surface area contributed by atoms with Crippen molar-refractivity contribution in [3.63, 3.8) is 0 Å². The van der Waals surface area contributed by atoms with Crippen LogP contribution in [0.5, 0.6) is 0 Å². The van der Waals surface area contributed by atoms with E-state index in [4.69, 9.17) is 10.5 Å². The summed E-state index contributed by atoms with van der Waals surface area (Å²) in [7, 11) is 0. The first-order chi connectivity index (χ1) is 8.13. The van der Waals surface area contributed by atoms with E-state index in [0.717, 1.165) is 18.4 Å². The maximum absolute atomic E-state index is 12.7. The van der Waals surface area contributed by atoms with Gasteiger partial charge < -0.3 is 10.5 Å². The van der Waals surface area contributed by atoms with Crippen molar-refractivity contribution in [3.05, 3.63) is 35.6 Å². The largest absolute Gasteiger partial charge is 0.465 e. The molecule has 0 aromatic heterocycles. The molecule has 17 heavy (non-hydrogen) atoms. The monoisotopic (exact) mass is 239 g/mol. The van der Waals surface area contributed by atoms with Crippen molar-refractivity contribution in [2.24, 2.45) is 5.73 Å². The number of rotatable bonds is 6. The highest BCUT2D eigenvalue weighted by atomic mass is 19.1. The van der Waals surface area contributed by atoms with Crippen LogP contribution in [-0.4, -0.2) is 18.6 Å². The Kier molecular flexibility index (Phi) is 5.63. The topological polar surface area (TPSA) is 52.3 Å². The van der Waals surface area contributed by atoms with Crippen LogP contribution >= 0.6 is 0 Å². The molecule has 0 heterocycles. The van der Waals surface area contributed by atoms with E-state index >= 15 is 0 Å². The van der Waals surface area contributed by atoms with Crippen molar-refractivity contribution in [1.29, 1.82) is 0 Å². The number of ether oxygens (including phenoxy) is 1. The second kappa shape index (κ2) is 7.01. The zero-order valence-corrected chi connectivity index (χ0v) is 9.99. The van der Waals surface area contributed by atoms with E-state index < -0.39 is 12.0 Å². The van der Waals surface area contributed by atoms with Crippen molar-refractivity contribution in [2.75, 3.05) is 6.61 Å². The van der Waals surface area contributed by atoms with Crippen molar-refractivity contribution in [1.82, 2.24) is 0 Å². The van der Waals surface area contributed by atoms with Gasteiger partial charge in [0.25, 0.3) is 0 Å². The Balaban J connectivity index is 2.40. The Morgan fingerprint density at radius 1 is 1.41 bits per heavy atom. The quantitative estimate of drug-likeness (QED) is 0.610. The lowest BCUT2D eigenvalue weighted by atomic mass is 10.1. The van der Waals surface area contributed by atoms with Crippen LogP contribution in [0.3, 0.4) is 0 Å². The third-order valence-electron chi connectivity index (χ3n) is 2.41. The summed E-state index contributed by atoms with van der Waals surface area (Å²) in [5.74, 6) is -0.699. The highest BCUT2D eigenvalue weighted by molar-refractivity contribution is 5.75. The molecule has 4 heteroatoms. The SMILES string of the molecule is CCCCOC(=O)[C@H](N)Cc1ccc(F)cc1. The number of halogens is 1. The molecule has 0 aliphatic rings. The number of hydrogen-bond acceptors (Lipinski definition) is 3. The molecule has 0 bridgehead atoms. The molecule has 94 valence electrons. The minimum atomic E-state index is -0.683. The summed E-state index contributed by atoms with van der Waals surface area (Å²) in [6, 6.07) is 5.26. The Labute approximate surface area is 101 Å². The molecule has 0 amide bonds. The number of esters is 1. The molecular weight excluding hydrogens is 221 g/mol. The summed E-state index contributed by atoms with van der Waals surface area (Å²) < 4.78 is 17.7. The highest BCUT2D eigenvalue weighted by Gasteiger charge is 2.15. The Hall–Kier alpha value is -1.42. The average Bonchev–Trinajstić information content (AvgIpc) is 2.32. The van der Waals surface area contributed by atoms with Gasteiger partial charge in [0.05, 0.1) is 6.61 Å². The lowest BCUT2D eigenvalue weighted by molar-refractivity contribution is -0.145. The molecule has 1 rings (SSSR count). The van der Waals surface area contributed by atoms with Crippen LogP contribution in [0.4, 0.5) is 4.39 Å². The third-order valence-corrected chi connectivity index (χ3v) is 2.41. The minimum Gasteiger partial charge on any atom is -0.465 e. The van der Waals surface area contributed by atoms with Crippen molar-refractivity contribution in [3.8, 4) is 0 Å². The maximum atomic E-state index is 12.7. The molecule has 0 saturated heterocycles. The summed E-state index contributed by atoms with van der Waals surface area (Å²) in [4.78, 5) is 11.5. The molecule has 2 N–H and O–H groups in total. The fourth-order valence-corrected chi connectivity index (χ4v) is 1.38. The van der Waals surface area contributed by atoms with Gasteiger partial charge in [-0.05, 0) is 30.5 Å². The molecule has 0 radical (unpaired) electrons. The zero-order chi connectivity index (χ0) is 12.7. The molecule has 0 aliphatic heterocycles. The molecule has 3 nitrogen and oxygen atoms in total. The number of benzene rings is 1. The molecule has 1 aromatic carbocycles. The second-order valence-electron chi connectivity index (χ2n) is 3.96. The molecule has 0 saturated carbocycles. The molecular formula is C13H18FNO2. The van der Waals surface area contributed by atoms with E-state index in [2.05, 4.69) is 0 Å². The molecule has 0 aliphatic carbocycles. The van der Waals surface area contributed by atoms with E-state index in [-0.39, 0.29) is 5.82 Å². The first kappa shape index (κ1) is 13.6. The van der Waals surface area contributed by atoms with Crippen LogP contribution < -0.4 is 5.73 Å². The van der Waals surface area contributed by atoms with E-state index in [1.165, 1.54) is 12.1 Å². The fourth-order valence-electron chi connectivity index (χ4n) is 1.38. The van der Waals surface area contributed by atoms with Gasteiger partial charge in [-0.2, -0.15) is 0 Å². The summed E-state index contributed by atoms with van der Waals surface area (Å²) in [6.45, 7) is 2.43. The smallest absolute Gasteiger partial charge is 0.323 e. The predicted octanol–water partition coefficient (Wildman–Crippen LogP) is 2.04. The standard InChI is InChI=1S/C13H18FNO2/c1-2-3-8-17-13(16)12(15)9-10-4-6-11(14)7-5-10/h4-7,12H,2-3,8-9,15H2,1H3/t12-/m1/s1. The summed E-state index contributed by atoms with van der Waals surface area (Å²) in [5, 5.41) is 0. The third kappa shape index (κ3) is 4.95. The summed E-state index contributed by atoms with van der Waals surface area (Å²) >= 11 is 0. The molecule has 1 aromatic rings. The lowest BCUT2D eigenvalue weighted by Crippen LogP contribution is -2.34. The first-order valence-electron chi connectivity index (χ1n) is 5.80. The van der Waals surface area contributed by atoms with Crippen LogP contribution in [0.2, 0.25) is 0 Å². The molecule has 1 atom stereocenters. The maximum Gasteiger partial charge on any atom is 0.323 e. The fraction of sp³-hybridized carbons (Fsp3) is 0.462. The summed E-state index contributed by atoms with van der Waals surface area (Å²) in [5.41, 5.74) is 6.53. The number of carbonyl (C=O) groups excluding carboxylic acids is 1. The van der Waals surface area contributed by atoms with Gasteiger partial charge in [-0.25, -0.2) is 4.39 Å². The van der Waals surface area contributed by atoms with Gasteiger partial charge in [-0.15, -0.1) is 0 Å². The normalized spacial score (nSPS) is 12.2. The van der Waals surface area contributed by atoms with Crippen LogP contribution in [0.25, 0.3) is 0 Å². The van der Waals surface area contributed by atoms with Gasteiger partial charge in [0, 0.05) is 0 Å². The van der Waals surface area contributed by atoms with Crippen molar-refractivity contribution < 1.29 is 13.9 Å². The van der Waals surface area contributed by atoms with E-state index in [1.54, 1.807) is 12.1 Å². The van der Waals surface area contributed by atoms with E-state index in [1.807, 2.05) is 6.92 Å². The van der Waals surface area contributed by atoms with Gasteiger partial charge in [-0.1, -0.05) is 25.5 Å². The van der Waals surface area contributed by atoms with Gasteiger partial charge >= 0.3 is 5.97 Å². The van der Waals surface area contributed by atoms with Gasteiger partial charge in [0.1, 0.15) is 11.9 Å². The van der Waals surface area contributed by atoms with Gasteiger partial charge in [0.15, 0.2) is 0 Å². The van der Waals surface area contributed by atoms with Gasteiger partial charge in [-0.3, -0.25) is 4.79 Å². The first-order valence-corrected chi connectivity index (χ1v) is 5.80. The molecule has 0 fully saturated rings. The predicted molar refractivity (Wildman–Crippen MR) is 63.9 cm³/mol. The average molecular weight is 239 g/mol. The van der Waals surface area contributed by atoms with Crippen molar-refractivity contribution >= 4 is 5.97 Å². The zero-order valence-electron chi connectivity index (χ0n) is 9.99. The van der Waals surface area contributed by atoms with Crippen LogP contribution in [0, 0.1) is 5.82 Å². The van der Waals surface area contributed by atoms with Crippen LogP contribution in [-0.2, 0) is 16.0 Å². The van der Waals surface area contributed by atoms with E-state index in [9.17, 15) is 9.18 Å². The highest BCUT2D eigenvalue weighted by Crippen LogP contribution is 2.06. The number of unbranched alkanes of at least 4 members (excludes halogenated alkanes) is 1. The molecule has 0 spiro atoms. The summed E-state index contributed by atoms with van der Waals surface area (Å²) in [6.07, 6.45) is 2.18. The van der Waals surface area contributed by atoms with Gasteiger partial charge in [0.2, 0.25) is 0 Å². The number of nitrogens with two attached hydrogens (primary N) is 1. The van der Waals surface area contributed by atoms with Crippen LogP contribution in [0.1, 0.15) is 25.3 Å². The lowest BCUT2D eigenvalue weighted by Gasteiger charge is -2.11. The Bertz CT molecular complexity index is 351.